The minimum absolute atomic E-state index is 0.188. The van der Waals surface area contributed by atoms with Crippen molar-refractivity contribution in [3.8, 4) is 0 Å². The van der Waals surface area contributed by atoms with Gasteiger partial charge in [0.05, 0.1) is 11.7 Å². The molecule has 1 fully saturated rings. The number of nitrogens with zero attached hydrogens (tertiary/aromatic N) is 2. The van der Waals surface area contributed by atoms with Gasteiger partial charge >= 0.3 is 5.97 Å². The van der Waals surface area contributed by atoms with Gasteiger partial charge in [-0.05, 0) is 25.7 Å². The summed E-state index contributed by atoms with van der Waals surface area (Å²) in [6, 6.07) is 0.188. The zero-order chi connectivity index (χ0) is 12.6. The van der Waals surface area contributed by atoms with Crippen LogP contribution in [0.1, 0.15) is 67.5 Å². The Morgan fingerprint density at radius 2 is 2.12 bits per heavy atom. The molecule has 1 saturated carbocycles. The Morgan fingerprint density at radius 3 is 2.53 bits per heavy atom. The molecule has 0 atom stereocenters. The van der Waals surface area contributed by atoms with Crippen LogP contribution >= 0.6 is 11.6 Å². The molecular weight excluding hydrogens is 240 g/mol. The molecule has 0 aromatic carbocycles. The summed E-state index contributed by atoms with van der Waals surface area (Å²) in [6.45, 7) is 4.12. The molecule has 0 unspecified atom stereocenters. The van der Waals surface area contributed by atoms with Crippen molar-refractivity contribution in [2.24, 2.45) is 0 Å². The second-order valence-electron chi connectivity index (χ2n) is 4.55. The number of rotatable bonds is 5. The Morgan fingerprint density at radius 1 is 1.53 bits per heavy atom. The van der Waals surface area contributed by atoms with Crippen molar-refractivity contribution in [1.29, 1.82) is 0 Å². The molecule has 2 rings (SSSR count). The largest absolute Gasteiger partial charge is 0.478 e. The minimum Gasteiger partial charge on any atom is -0.478 e. The zero-order valence-electron chi connectivity index (χ0n) is 10.1. The molecule has 1 aliphatic rings. The summed E-state index contributed by atoms with van der Waals surface area (Å²) >= 11 is 6.17. The van der Waals surface area contributed by atoms with E-state index in [2.05, 4.69) is 18.9 Å². The predicted molar refractivity (Wildman–Crippen MR) is 65.8 cm³/mol. The van der Waals surface area contributed by atoms with Crippen molar-refractivity contribution in [2.75, 3.05) is 0 Å². The third-order valence-corrected chi connectivity index (χ3v) is 3.71. The molecule has 0 amide bonds. The van der Waals surface area contributed by atoms with Gasteiger partial charge in [-0.15, -0.1) is 0 Å². The summed E-state index contributed by atoms with van der Waals surface area (Å²) in [6.07, 6.45) is 3.86. The van der Waals surface area contributed by atoms with E-state index in [0.29, 0.717) is 11.6 Å². The Hall–Kier alpha value is -1.03. The Balaban J connectivity index is 2.47. The number of hydrogen-bond donors (Lipinski definition) is 1. The molecule has 17 heavy (non-hydrogen) atoms. The highest BCUT2D eigenvalue weighted by Gasteiger charge is 2.34. The highest BCUT2D eigenvalue weighted by atomic mass is 35.5. The van der Waals surface area contributed by atoms with Crippen LogP contribution in [0, 0.1) is 0 Å². The van der Waals surface area contributed by atoms with Crippen LogP contribution < -0.4 is 0 Å². The minimum atomic E-state index is -0.964. The quantitative estimate of drug-likeness (QED) is 0.878. The molecule has 1 aliphatic carbocycles. The Labute approximate surface area is 106 Å². The van der Waals surface area contributed by atoms with E-state index in [9.17, 15) is 9.90 Å². The van der Waals surface area contributed by atoms with Crippen LogP contribution in [0.15, 0.2) is 0 Å². The monoisotopic (exact) mass is 256 g/mol. The molecule has 0 spiro atoms. The highest BCUT2D eigenvalue weighted by Crippen LogP contribution is 2.43. The molecule has 0 radical (unpaired) electrons. The highest BCUT2D eigenvalue weighted by molar-refractivity contribution is 6.32. The Kier molecular flexibility index (Phi) is 3.43. The van der Waals surface area contributed by atoms with Crippen molar-refractivity contribution in [3.05, 3.63) is 16.4 Å². The fourth-order valence-electron chi connectivity index (χ4n) is 2.15. The maximum atomic E-state index is 11.2. The lowest BCUT2D eigenvalue weighted by atomic mass is 10.1. The fraction of sp³-hybridized carbons (Fsp3) is 0.667. The van der Waals surface area contributed by atoms with Crippen LogP contribution in [0.2, 0.25) is 5.15 Å². The molecule has 1 aromatic rings. The maximum absolute atomic E-state index is 11.2. The number of aromatic nitrogens is 2. The van der Waals surface area contributed by atoms with Gasteiger partial charge in [0.25, 0.3) is 0 Å². The van der Waals surface area contributed by atoms with Gasteiger partial charge in [0.15, 0.2) is 0 Å². The molecule has 4 nitrogen and oxygen atoms in total. The number of carbonyl (C=O) groups is 1. The summed E-state index contributed by atoms with van der Waals surface area (Å²) in [4.78, 5) is 11.2. The molecule has 0 aliphatic heterocycles. The van der Waals surface area contributed by atoms with Crippen molar-refractivity contribution in [1.82, 2.24) is 9.78 Å². The molecule has 1 N–H and O–H groups in total. The first kappa shape index (κ1) is 12.4. The van der Waals surface area contributed by atoms with E-state index in [0.717, 1.165) is 25.7 Å². The van der Waals surface area contributed by atoms with Crippen LogP contribution in [-0.2, 0) is 0 Å². The van der Waals surface area contributed by atoms with Crippen LogP contribution in [0.25, 0.3) is 0 Å². The average Bonchev–Trinajstić information content (AvgIpc) is 3.06. The molecule has 94 valence electrons. The lowest BCUT2D eigenvalue weighted by Gasteiger charge is -2.13. The molecule has 0 saturated heterocycles. The number of hydrogen-bond acceptors (Lipinski definition) is 2. The smallest absolute Gasteiger partial charge is 0.340 e. The summed E-state index contributed by atoms with van der Waals surface area (Å²) in [5.74, 6) is -0.664. The van der Waals surface area contributed by atoms with Crippen LogP contribution in [0.3, 0.4) is 0 Å². The average molecular weight is 257 g/mol. The molecule has 1 heterocycles. The number of halogens is 1. The lowest BCUT2D eigenvalue weighted by Crippen LogP contribution is -2.09. The van der Waals surface area contributed by atoms with Gasteiger partial charge in [-0.3, -0.25) is 0 Å². The van der Waals surface area contributed by atoms with Crippen LogP contribution in [0.5, 0.6) is 0 Å². The third kappa shape index (κ3) is 2.18. The predicted octanol–water partition coefficient (Wildman–Crippen LogP) is 3.47. The van der Waals surface area contributed by atoms with E-state index in [4.69, 9.17) is 11.6 Å². The molecule has 1 aromatic heterocycles. The van der Waals surface area contributed by atoms with E-state index in [-0.39, 0.29) is 16.8 Å². The van der Waals surface area contributed by atoms with Crippen molar-refractivity contribution in [3.63, 3.8) is 0 Å². The van der Waals surface area contributed by atoms with Gasteiger partial charge < -0.3 is 5.11 Å². The topological polar surface area (TPSA) is 55.1 Å². The maximum Gasteiger partial charge on any atom is 0.340 e. The molecule has 0 bridgehead atoms. The van der Waals surface area contributed by atoms with E-state index in [1.54, 1.807) is 4.68 Å². The first-order chi connectivity index (χ1) is 8.10. The van der Waals surface area contributed by atoms with Gasteiger partial charge in [0, 0.05) is 5.92 Å². The van der Waals surface area contributed by atoms with Crippen LogP contribution in [0.4, 0.5) is 0 Å². The number of carboxylic acids is 1. The first-order valence-electron chi connectivity index (χ1n) is 6.11. The standard InChI is InChI=1S/C12H17ClN2O2/c1-3-8(4-2)15-11(13)9(12(16)17)10(14-15)7-5-6-7/h7-8H,3-6H2,1-2H3,(H,16,17). The zero-order valence-corrected chi connectivity index (χ0v) is 10.9. The number of carboxylic acid groups (broad SMARTS) is 1. The van der Waals surface area contributed by atoms with Gasteiger partial charge in [0.2, 0.25) is 0 Å². The lowest BCUT2D eigenvalue weighted by molar-refractivity contribution is 0.0695. The van der Waals surface area contributed by atoms with Gasteiger partial charge in [0.1, 0.15) is 10.7 Å². The second kappa shape index (κ2) is 4.69. The normalized spacial score (nSPS) is 15.5. The van der Waals surface area contributed by atoms with E-state index < -0.39 is 5.97 Å². The summed E-state index contributed by atoms with van der Waals surface area (Å²) in [7, 11) is 0. The fourth-order valence-corrected chi connectivity index (χ4v) is 2.50. The van der Waals surface area contributed by atoms with E-state index in [1.165, 1.54) is 0 Å². The second-order valence-corrected chi connectivity index (χ2v) is 4.90. The van der Waals surface area contributed by atoms with Crippen molar-refractivity contribution < 1.29 is 9.90 Å². The SMILES string of the molecule is CCC(CC)n1nc(C2CC2)c(C(=O)O)c1Cl. The third-order valence-electron chi connectivity index (χ3n) is 3.35. The van der Waals surface area contributed by atoms with Gasteiger partial charge in [-0.1, -0.05) is 25.4 Å². The Bertz CT molecular complexity index is 434. The summed E-state index contributed by atoms with van der Waals surface area (Å²) in [5, 5.41) is 14.0. The van der Waals surface area contributed by atoms with Gasteiger partial charge in [-0.2, -0.15) is 5.10 Å². The van der Waals surface area contributed by atoms with E-state index >= 15 is 0 Å². The number of aromatic carboxylic acids is 1. The van der Waals surface area contributed by atoms with Crippen molar-refractivity contribution >= 4 is 17.6 Å². The molecule has 5 heteroatoms. The summed E-state index contributed by atoms with van der Waals surface area (Å²) < 4.78 is 1.69. The van der Waals surface area contributed by atoms with Gasteiger partial charge in [-0.25, -0.2) is 9.48 Å². The van der Waals surface area contributed by atoms with E-state index in [1.807, 2.05) is 0 Å². The first-order valence-corrected chi connectivity index (χ1v) is 6.49. The summed E-state index contributed by atoms with van der Waals surface area (Å²) in [5.41, 5.74) is 0.885. The van der Waals surface area contributed by atoms with Crippen molar-refractivity contribution in [2.45, 2.75) is 51.5 Å². The molecular formula is C12H17ClN2O2. The van der Waals surface area contributed by atoms with Crippen LogP contribution in [-0.4, -0.2) is 20.9 Å².